The van der Waals surface area contributed by atoms with Crippen LogP contribution in [-0.4, -0.2) is 48.1 Å². The Labute approximate surface area is 111 Å². The molecule has 2 rings (SSSR count). The first-order valence-corrected chi connectivity index (χ1v) is 8.52. The summed E-state index contributed by atoms with van der Waals surface area (Å²) in [6.45, 7) is 8.50. The van der Waals surface area contributed by atoms with Gasteiger partial charge in [0.1, 0.15) is 0 Å². The molecule has 1 N–H and O–H groups in total. The molecule has 0 amide bonds. The number of piperidine rings is 1. The number of rotatable bonds is 4. The summed E-state index contributed by atoms with van der Waals surface area (Å²) in [5.74, 6) is 3.59. The number of thioether (sulfide) groups is 1. The van der Waals surface area contributed by atoms with Crippen molar-refractivity contribution in [3.63, 3.8) is 0 Å². The predicted molar refractivity (Wildman–Crippen MR) is 77.8 cm³/mol. The van der Waals surface area contributed by atoms with Gasteiger partial charge in [-0.2, -0.15) is 11.8 Å². The summed E-state index contributed by atoms with van der Waals surface area (Å²) < 4.78 is 0. The number of hydrogen-bond donors (Lipinski definition) is 1. The Hall–Kier alpha value is 0.270. The molecule has 0 saturated carbocycles. The Morgan fingerprint density at radius 2 is 2.24 bits per heavy atom. The largest absolute Gasteiger partial charge is 0.314 e. The minimum Gasteiger partial charge on any atom is -0.314 e. The van der Waals surface area contributed by atoms with Crippen LogP contribution in [0.2, 0.25) is 0 Å². The van der Waals surface area contributed by atoms with Crippen LogP contribution < -0.4 is 5.32 Å². The summed E-state index contributed by atoms with van der Waals surface area (Å²) in [5.41, 5.74) is 0. The van der Waals surface area contributed by atoms with Gasteiger partial charge in [0.25, 0.3) is 0 Å². The molecule has 0 spiro atoms. The second-order valence-electron chi connectivity index (χ2n) is 5.69. The molecule has 0 radical (unpaired) electrons. The van der Waals surface area contributed by atoms with Crippen molar-refractivity contribution in [2.75, 3.05) is 31.1 Å². The van der Waals surface area contributed by atoms with Crippen molar-refractivity contribution in [1.82, 2.24) is 10.2 Å². The second kappa shape index (κ2) is 7.01. The highest BCUT2D eigenvalue weighted by molar-refractivity contribution is 7.99. The summed E-state index contributed by atoms with van der Waals surface area (Å²) in [7, 11) is 0. The van der Waals surface area contributed by atoms with Crippen molar-refractivity contribution < 1.29 is 0 Å². The maximum atomic E-state index is 3.71. The van der Waals surface area contributed by atoms with E-state index < -0.39 is 0 Å². The van der Waals surface area contributed by atoms with E-state index in [1.165, 1.54) is 56.8 Å². The Morgan fingerprint density at radius 3 is 2.88 bits per heavy atom. The van der Waals surface area contributed by atoms with Crippen molar-refractivity contribution in [3.8, 4) is 0 Å². The lowest BCUT2D eigenvalue weighted by Gasteiger charge is -2.42. The maximum absolute atomic E-state index is 3.71. The van der Waals surface area contributed by atoms with Crippen LogP contribution in [0.25, 0.3) is 0 Å². The summed E-state index contributed by atoms with van der Waals surface area (Å²) in [6.07, 6.45) is 5.47. The number of likely N-dealkylation sites (tertiary alicyclic amines) is 1. The quantitative estimate of drug-likeness (QED) is 0.832. The van der Waals surface area contributed by atoms with Crippen LogP contribution in [0.5, 0.6) is 0 Å². The van der Waals surface area contributed by atoms with E-state index in [9.17, 15) is 0 Å². The highest BCUT2D eigenvalue weighted by Gasteiger charge is 2.30. The average Bonchev–Trinajstić information content (AvgIpc) is 2.38. The van der Waals surface area contributed by atoms with Crippen LogP contribution in [0.15, 0.2) is 0 Å². The molecule has 3 unspecified atom stereocenters. The third-order valence-electron chi connectivity index (χ3n) is 4.25. The van der Waals surface area contributed by atoms with Gasteiger partial charge in [-0.1, -0.05) is 13.8 Å². The topological polar surface area (TPSA) is 15.3 Å². The average molecular weight is 256 g/mol. The van der Waals surface area contributed by atoms with Crippen LogP contribution in [0.3, 0.4) is 0 Å². The van der Waals surface area contributed by atoms with Gasteiger partial charge in [-0.3, -0.25) is 4.90 Å². The molecule has 3 heteroatoms. The van der Waals surface area contributed by atoms with Gasteiger partial charge in [-0.25, -0.2) is 0 Å². The molecule has 2 fully saturated rings. The smallest absolute Gasteiger partial charge is 0.0186 e. The van der Waals surface area contributed by atoms with Crippen LogP contribution in [-0.2, 0) is 0 Å². The molecule has 0 aliphatic carbocycles. The number of hydrogen-bond acceptors (Lipinski definition) is 3. The van der Waals surface area contributed by atoms with Crippen LogP contribution in [0.4, 0.5) is 0 Å². The van der Waals surface area contributed by atoms with E-state index in [1.807, 2.05) is 0 Å². The molecule has 2 nitrogen and oxygen atoms in total. The molecule has 17 heavy (non-hydrogen) atoms. The zero-order chi connectivity index (χ0) is 12.1. The fraction of sp³-hybridized carbons (Fsp3) is 1.00. The lowest BCUT2D eigenvalue weighted by atomic mass is 9.92. The number of nitrogens with zero attached hydrogens (tertiary/aromatic N) is 1. The van der Waals surface area contributed by atoms with E-state index >= 15 is 0 Å². The van der Waals surface area contributed by atoms with Gasteiger partial charge in [0.2, 0.25) is 0 Å². The predicted octanol–water partition coefficient (Wildman–Crippen LogP) is 2.59. The monoisotopic (exact) mass is 256 g/mol. The van der Waals surface area contributed by atoms with Crippen molar-refractivity contribution in [2.24, 2.45) is 5.92 Å². The van der Waals surface area contributed by atoms with Gasteiger partial charge < -0.3 is 5.32 Å². The Kier molecular flexibility index (Phi) is 5.64. The molecule has 0 bridgehead atoms. The SMILES string of the molecule is CCCNC1CCN(C2CCCSC2)CC1C. The van der Waals surface area contributed by atoms with Gasteiger partial charge in [0.15, 0.2) is 0 Å². The van der Waals surface area contributed by atoms with Crippen molar-refractivity contribution in [3.05, 3.63) is 0 Å². The molecule has 0 aromatic carbocycles. The molecule has 2 heterocycles. The zero-order valence-corrected chi connectivity index (χ0v) is 12.3. The fourth-order valence-electron chi connectivity index (χ4n) is 3.15. The van der Waals surface area contributed by atoms with Gasteiger partial charge in [0.05, 0.1) is 0 Å². The van der Waals surface area contributed by atoms with E-state index in [0.29, 0.717) is 0 Å². The van der Waals surface area contributed by atoms with Crippen molar-refractivity contribution in [1.29, 1.82) is 0 Å². The molecular formula is C14H28N2S. The van der Waals surface area contributed by atoms with E-state index in [2.05, 4.69) is 35.8 Å². The summed E-state index contributed by atoms with van der Waals surface area (Å²) >= 11 is 2.16. The summed E-state index contributed by atoms with van der Waals surface area (Å²) in [4.78, 5) is 2.76. The standard InChI is InChI=1S/C14H28N2S/c1-3-7-15-14-6-8-16(10-12(14)2)13-5-4-9-17-11-13/h12-15H,3-11H2,1-2H3. The molecule has 2 aliphatic rings. The minimum atomic E-state index is 0.766. The molecule has 3 atom stereocenters. The molecule has 2 saturated heterocycles. The van der Waals surface area contributed by atoms with Crippen LogP contribution in [0, 0.1) is 5.92 Å². The normalized spacial score (nSPS) is 36.0. The molecule has 2 aliphatic heterocycles. The van der Waals surface area contributed by atoms with Crippen molar-refractivity contribution in [2.45, 2.75) is 51.6 Å². The third-order valence-corrected chi connectivity index (χ3v) is 5.44. The van der Waals surface area contributed by atoms with Gasteiger partial charge in [-0.05, 0) is 50.4 Å². The zero-order valence-electron chi connectivity index (χ0n) is 11.5. The Balaban J connectivity index is 1.77. The lowest BCUT2D eigenvalue weighted by molar-refractivity contribution is 0.107. The van der Waals surface area contributed by atoms with Gasteiger partial charge in [-0.15, -0.1) is 0 Å². The molecule has 100 valence electrons. The Bertz CT molecular complexity index is 216. The summed E-state index contributed by atoms with van der Waals surface area (Å²) in [6, 6.07) is 1.64. The third kappa shape index (κ3) is 3.87. The van der Waals surface area contributed by atoms with E-state index in [-0.39, 0.29) is 0 Å². The van der Waals surface area contributed by atoms with Crippen LogP contribution >= 0.6 is 11.8 Å². The van der Waals surface area contributed by atoms with Gasteiger partial charge in [0, 0.05) is 24.4 Å². The molecular weight excluding hydrogens is 228 g/mol. The maximum Gasteiger partial charge on any atom is 0.0186 e. The summed E-state index contributed by atoms with van der Waals surface area (Å²) in [5, 5.41) is 3.71. The van der Waals surface area contributed by atoms with Gasteiger partial charge >= 0.3 is 0 Å². The minimum absolute atomic E-state index is 0.766. The molecule has 0 aromatic heterocycles. The van der Waals surface area contributed by atoms with Crippen LogP contribution in [0.1, 0.15) is 39.5 Å². The van der Waals surface area contributed by atoms with E-state index in [4.69, 9.17) is 0 Å². The number of nitrogens with one attached hydrogen (secondary N) is 1. The molecule has 0 aromatic rings. The fourth-order valence-corrected chi connectivity index (χ4v) is 4.34. The van der Waals surface area contributed by atoms with E-state index in [1.54, 1.807) is 0 Å². The first-order chi connectivity index (χ1) is 8.31. The van der Waals surface area contributed by atoms with E-state index in [0.717, 1.165) is 18.0 Å². The highest BCUT2D eigenvalue weighted by Crippen LogP contribution is 2.26. The highest BCUT2D eigenvalue weighted by atomic mass is 32.2. The van der Waals surface area contributed by atoms with Crippen molar-refractivity contribution >= 4 is 11.8 Å². The second-order valence-corrected chi connectivity index (χ2v) is 6.84. The lowest BCUT2D eigenvalue weighted by Crippen LogP contribution is -2.52. The first kappa shape index (κ1) is 13.7. The first-order valence-electron chi connectivity index (χ1n) is 7.36. The Morgan fingerprint density at radius 1 is 1.35 bits per heavy atom.